The Morgan fingerprint density at radius 2 is 1.87 bits per heavy atom. The summed E-state index contributed by atoms with van der Waals surface area (Å²) in [7, 11) is 0. The molecule has 0 saturated carbocycles. The van der Waals surface area contributed by atoms with Crippen molar-refractivity contribution < 1.29 is 13.2 Å². The van der Waals surface area contributed by atoms with Gasteiger partial charge in [0.1, 0.15) is 5.52 Å². The van der Waals surface area contributed by atoms with Gasteiger partial charge in [-0.05, 0) is 11.6 Å². The summed E-state index contributed by atoms with van der Waals surface area (Å²) in [5.41, 5.74) is 3.45. The fourth-order valence-electron chi connectivity index (χ4n) is 1.09. The molecule has 0 atom stereocenters. The zero-order valence-electron chi connectivity index (χ0n) is 6.93. The number of nitrogens with one attached hydrogen (secondary N) is 1. The number of nitrogens with zero attached hydrogens (tertiary/aromatic N) is 3. The Morgan fingerprint density at radius 1 is 1.20 bits per heavy atom. The molecule has 0 bridgehead atoms. The van der Waals surface area contributed by atoms with Crippen LogP contribution in [0.5, 0.6) is 0 Å². The fraction of sp³-hybridized carbons (Fsp3) is 0.167. The topological polar surface area (TPSA) is 80.5 Å². The number of hydrogen-bond acceptors (Lipinski definition) is 4. The number of H-pyrrole nitrogens is 1. The first kappa shape index (κ1) is 9.97. The zero-order valence-corrected chi connectivity index (χ0v) is 7.69. The zero-order chi connectivity index (χ0) is 11.2. The van der Waals surface area contributed by atoms with Crippen LogP contribution < -0.4 is 5.73 Å². The molecule has 2 aromatic rings. The van der Waals surface area contributed by atoms with Gasteiger partial charge in [0.15, 0.2) is 17.3 Å². The maximum absolute atomic E-state index is 12.5. The van der Waals surface area contributed by atoms with Gasteiger partial charge in [0.05, 0.1) is 0 Å². The van der Waals surface area contributed by atoms with Crippen molar-refractivity contribution in [1.29, 1.82) is 0 Å². The van der Waals surface area contributed by atoms with Gasteiger partial charge >= 0.3 is 6.18 Å². The molecule has 15 heavy (non-hydrogen) atoms. The number of anilines is 1. The molecule has 80 valence electrons. The van der Waals surface area contributed by atoms with Crippen molar-refractivity contribution in [3.63, 3.8) is 0 Å². The van der Waals surface area contributed by atoms with E-state index in [4.69, 9.17) is 17.3 Å². The van der Waals surface area contributed by atoms with Crippen LogP contribution in [0.2, 0.25) is 5.28 Å². The number of aromatic nitrogens is 4. The van der Waals surface area contributed by atoms with E-state index in [2.05, 4.69) is 19.9 Å². The van der Waals surface area contributed by atoms with Crippen molar-refractivity contribution in [1.82, 2.24) is 19.9 Å². The van der Waals surface area contributed by atoms with Crippen LogP contribution in [0.4, 0.5) is 19.1 Å². The van der Waals surface area contributed by atoms with Gasteiger partial charge in [-0.3, -0.25) is 0 Å². The van der Waals surface area contributed by atoms with Crippen LogP contribution >= 0.6 is 11.6 Å². The highest BCUT2D eigenvalue weighted by Gasteiger charge is 2.36. The molecule has 0 fully saturated rings. The van der Waals surface area contributed by atoms with Gasteiger partial charge in [0.25, 0.3) is 0 Å². The van der Waals surface area contributed by atoms with Crippen LogP contribution in [0, 0.1) is 0 Å². The van der Waals surface area contributed by atoms with Crippen molar-refractivity contribution in [2.45, 2.75) is 6.18 Å². The van der Waals surface area contributed by atoms with E-state index in [-0.39, 0.29) is 17.1 Å². The second-order valence-electron chi connectivity index (χ2n) is 2.66. The Labute approximate surface area is 85.5 Å². The molecule has 0 aliphatic rings. The Hall–Kier alpha value is -1.57. The maximum atomic E-state index is 12.5. The molecule has 3 N–H and O–H groups in total. The summed E-state index contributed by atoms with van der Waals surface area (Å²) in [5.74, 6) is -0.174. The van der Waals surface area contributed by atoms with Crippen molar-refractivity contribution >= 4 is 28.7 Å². The van der Waals surface area contributed by atoms with Crippen LogP contribution in [0.25, 0.3) is 11.2 Å². The summed E-state index contributed by atoms with van der Waals surface area (Å²) < 4.78 is 37.4. The van der Waals surface area contributed by atoms with E-state index in [0.717, 1.165) is 0 Å². The quantitative estimate of drug-likeness (QED) is 0.682. The minimum atomic E-state index is -4.64. The fourth-order valence-corrected chi connectivity index (χ4v) is 1.26. The molecule has 0 unspecified atom stereocenters. The van der Waals surface area contributed by atoms with Gasteiger partial charge in [0, 0.05) is 0 Å². The van der Waals surface area contributed by atoms with Crippen molar-refractivity contribution in [3.05, 3.63) is 11.0 Å². The highest BCUT2D eigenvalue weighted by molar-refractivity contribution is 6.28. The molecule has 0 aliphatic carbocycles. The first-order chi connectivity index (χ1) is 6.88. The molecule has 2 rings (SSSR count). The van der Waals surface area contributed by atoms with Crippen LogP contribution in [0.3, 0.4) is 0 Å². The summed E-state index contributed by atoms with van der Waals surface area (Å²) in [6.07, 6.45) is -4.64. The lowest BCUT2D eigenvalue weighted by atomic mass is 10.3. The van der Waals surface area contributed by atoms with E-state index in [1.54, 1.807) is 0 Å². The lowest BCUT2D eigenvalue weighted by molar-refractivity contribution is -0.139. The van der Waals surface area contributed by atoms with E-state index < -0.39 is 17.2 Å². The predicted octanol–water partition coefficient (Wildman–Crippen LogP) is 1.61. The molecule has 0 saturated heterocycles. The van der Waals surface area contributed by atoms with Gasteiger partial charge in [-0.2, -0.15) is 23.1 Å². The lowest BCUT2D eigenvalue weighted by Gasteiger charge is -2.05. The number of hydrogen-bond donors (Lipinski definition) is 2. The number of alkyl halides is 3. The minimum Gasteiger partial charge on any atom is -0.369 e. The third-order valence-electron chi connectivity index (χ3n) is 1.61. The standard InChI is InChI=1S/C6H3ClF3N5/c7-4-13-2(6(8,9)10)1-3(14-4)15-5(11)12-1/h(H3,11,12,13,14,15). The third kappa shape index (κ3) is 1.67. The summed E-state index contributed by atoms with van der Waals surface area (Å²) >= 11 is 5.32. The number of aromatic amines is 1. The Morgan fingerprint density at radius 3 is 2.47 bits per heavy atom. The minimum absolute atomic E-state index is 0.174. The number of fused-ring (bicyclic) bond motifs is 1. The van der Waals surface area contributed by atoms with E-state index in [0.29, 0.717) is 0 Å². The molecular formula is C6H3ClF3N5. The average molecular weight is 238 g/mol. The molecule has 0 aromatic carbocycles. The molecule has 0 spiro atoms. The molecule has 0 amide bonds. The van der Waals surface area contributed by atoms with Gasteiger partial charge in [0.2, 0.25) is 5.28 Å². The summed E-state index contributed by atoms with van der Waals surface area (Å²) in [5, 5.41) is -0.527. The summed E-state index contributed by atoms with van der Waals surface area (Å²) in [4.78, 5) is 12.3. The van der Waals surface area contributed by atoms with Gasteiger partial charge < -0.3 is 10.7 Å². The van der Waals surface area contributed by atoms with E-state index in [1.807, 2.05) is 0 Å². The van der Waals surface area contributed by atoms with Crippen LogP contribution in [-0.2, 0) is 6.18 Å². The molecule has 0 aliphatic heterocycles. The maximum Gasteiger partial charge on any atom is 0.435 e. The first-order valence-electron chi connectivity index (χ1n) is 3.64. The normalized spacial score (nSPS) is 12.3. The lowest BCUT2D eigenvalue weighted by Crippen LogP contribution is -2.10. The number of rotatable bonds is 0. The monoisotopic (exact) mass is 237 g/mol. The second kappa shape index (κ2) is 2.96. The SMILES string of the molecule is Nc1nc2nc(Cl)nc(C(F)(F)F)c2[nH]1. The highest BCUT2D eigenvalue weighted by atomic mass is 35.5. The number of halogens is 4. The molecule has 2 heterocycles. The van der Waals surface area contributed by atoms with Gasteiger partial charge in [-0.1, -0.05) is 0 Å². The molecular weight excluding hydrogens is 235 g/mol. The molecule has 0 radical (unpaired) electrons. The van der Waals surface area contributed by atoms with Crippen LogP contribution in [0.1, 0.15) is 5.69 Å². The Balaban J connectivity index is 2.82. The molecule has 9 heteroatoms. The van der Waals surface area contributed by atoms with Crippen molar-refractivity contribution in [3.8, 4) is 0 Å². The smallest absolute Gasteiger partial charge is 0.369 e. The predicted molar refractivity (Wildman–Crippen MR) is 46.1 cm³/mol. The Bertz CT molecular complexity index is 519. The Kier molecular flexibility index (Phi) is 1.97. The highest BCUT2D eigenvalue weighted by Crippen LogP contribution is 2.32. The van der Waals surface area contributed by atoms with Gasteiger partial charge in [-0.15, -0.1) is 0 Å². The largest absolute Gasteiger partial charge is 0.435 e. The number of imidazole rings is 1. The van der Waals surface area contributed by atoms with E-state index >= 15 is 0 Å². The second-order valence-corrected chi connectivity index (χ2v) is 3.00. The summed E-state index contributed by atoms with van der Waals surface area (Å²) in [6.45, 7) is 0. The van der Waals surface area contributed by atoms with Crippen molar-refractivity contribution in [2.24, 2.45) is 0 Å². The summed E-state index contributed by atoms with van der Waals surface area (Å²) in [6, 6.07) is 0. The third-order valence-corrected chi connectivity index (χ3v) is 1.78. The van der Waals surface area contributed by atoms with Crippen molar-refractivity contribution in [2.75, 3.05) is 5.73 Å². The molecule has 2 aromatic heterocycles. The van der Waals surface area contributed by atoms with Crippen LogP contribution in [0.15, 0.2) is 0 Å². The van der Waals surface area contributed by atoms with E-state index in [1.165, 1.54) is 0 Å². The average Bonchev–Trinajstić information content (AvgIpc) is 2.41. The van der Waals surface area contributed by atoms with E-state index in [9.17, 15) is 13.2 Å². The first-order valence-corrected chi connectivity index (χ1v) is 4.01. The van der Waals surface area contributed by atoms with Crippen LogP contribution in [-0.4, -0.2) is 19.9 Å². The number of nitrogens with two attached hydrogens (primary N) is 1. The molecule has 5 nitrogen and oxygen atoms in total. The number of nitrogen functional groups attached to an aromatic ring is 1. The van der Waals surface area contributed by atoms with Gasteiger partial charge in [-0.25, -0.2) is 4.98 Å².